The smallest absolute Gasteiger partial charge is 0.325 e. The molecule has 1 aromatic heterocycles. The Balaban J connectivity index is 2.16. The summed E-state index contributed by atoms with van der Waals surface area (Å²) in [6.45, 7) is -0.364. The van der Waals surface area contributed by atoms with E-state index in [-0.39, 0.29) is 12.2 Å². The summed E-state index contributed by atoms with van der Waals surface area (Å²) in [6, 6.07) is 4.46. The van der Waals surface area contributed by atoms with E-state index in [4.69, 9.17) is 11.6 Å². The lowest BCUT2D eigenvalue weighted by atomic mass is 10.2. The first-order valence-corrected chi connectivity index (χ1v) is 6.33. The highest BCUT2D eigenvalue weighted by atomic mass is 35.5. The van der Waals surface area contributed by atoms with E-state index >= 15 is 0 Å². The minimum absolute atomic E-state index is 0.0707. The van der Waals surface area contributed by atoms with Gasteiger partial charge in [-0.2, -0.15) is 13.2 Å². The molecule has 0 radical (unpaired) electrons. The highest BCUT2D eigenvalue weighted by molar-refractivity contribution is 6.31. The van der Waals surface area contributed by atoms with Gasteiger partial charge in [-0.05, 0) is 24.3 Å². The maximum Gasteiger partial charge on any atom is 0.417 e. The standard InChI is InChI=1S/C13H9ClF3N3O2/c14-10-3-2-8(6-9(10)13(15,16)17)19-11(21)7-20-5-1-4-18-12(20)22/h1-6H,7H2,(H,19,21). The fourth-order valence-corrected chi connectivity index (χ4v) is 1.91. The molecule has 0 unspecified atom stereocenters. The Morgan fingerprint density at radius 3 is 2.73 bits per heavy atom. The summed E-state index contributed by atoms with van der Waals surface area (Å²) in [5.41, 5.74) is -1.76. The molecule has 116 valence electrons. The number of nitrogens with zero attached hydrogens (tertiary/aromatic N) is 2. The molecule has 5 nitrogen and oxygen atoms in total. The lowest BCUT2D eigenvalue weighted by Gasteiger charge is -2.12. The summed E-state index contributed by atoms with van der Waals surface area (Å²) in [5.74, 6) is -0.662. The zero-order chi connectivity index (χ0) is 16.3. The van der Waals surface area contributed by atoms with Crippen LogP contribution < -0.4 is 11.0 Å². The zero-order valence-corrected chi connectivity index (χ0v) is 11.6. The van der Waals surface area contributed by atoms with Gasteiger partial charge < -0.3 is 5.32 Å². The summed E-state index contributed by atoms with van der Waals surface area (Å²) in [6.07, 6.45) is -2.01. The molecule has 0 fully saturated rings. The third kappa shape index (κ3) is 3.85. The molecule has 22 heavy (non-hydrogen) atoms. The molecule has 0 saturated heterocycles. The molecule has 1 heterocycles. The molecule has 1 aromatic carbocycles. The number of carbonyl (C=O) groups is 1. The second-order valence-electron chi connectivity index (χ2n) is 4.27. The van der Waals surface area contributed by atoms with Crippen LogP contribution in [0, 0.1) is 0 Å². The molecule has 9 heteroatoms. The number of anilines is 1. The van der Waals surface area contributed by atoms with E-state index in [1.54, 1.807) is 0 Å². The third-order valence-electron chi connectivity index (χ3n) is 2.65. The summed E-state index contributed by atoms with van der Waals surface area (Å²) in [7, 11) is 0. The van der Waals surface area contributed by atoms with Gasteiger partial charge in [0, 0.05) is 18.1 Å². The Morgan fingerprint density at radius 2 is 2.09 bits per heavy atom. The fraction of sp³-hybridized carbons (Fsp3) is 0.154. The third-order valence-corrected chi connectivity index (χ3v) is 2.98. The maximum absolute atomic E-state index is 12.7. The number of halogens is 4. The van der Waals surface area contributed by atoms with Crippen LogP contribution in [0.4, 0.5) is 18.9 Å². The predicted molar refractivity (Wildman–Crippen MR) is 73.6 cm³/mol. The minimum Gasteiger partial charge on any atom is -0.325 e. The van der Waals surface area contributed by atoms with Gasteiger partial charge in [0.1, 0.15) is 6.54 Å². The number of carbonyl (C=O) groups excluding carboxylic acids is 1. The normalized spacial score (nSPS) is 11.3. The van der Waals surface area contributed by atoms with Crippen molar-refractivity contribution in [1.82, 2.24) is 9.55 Å². The Bertz CT molecular complexity index is 759. The van der Waals surface area contributed by atoms with Gasteiger partial charge in [0.2, 0.25) is 5.91 Å². The summed E-state index contributed by atoms with van der Waals surface area (Å²) >= 11 is 5.48. The monoisotopic (exact) mass is 331 g/mol. The van der Waals surface area contributed by atoms with Gasteiger partial charge in [-0.3, -0.25) is 9.36 Å². The largest absolute Gasteiger partial charge is 0.417 e. The number of aromatic nitrogens is 2. The molecule has 2 rings (SSSR count). The van der Waals surface area contributed by atoms with Crippen LogP contribution in [0.3, 0.4) is 0 Å². The minimum atomic E-state index is -4.63. The van der Waals surface area contributed by atoms with Gasteiger partial charge in [-0.25, -0.2) is 9.78 Å². The van der Waals surface area contributed by atoms with Crippen LogP contribution in [0.5, 0.6) is 0 Å². The SMILES string of the molecule is O=C(Cn1cccnc1=O)Nc1ccc(Cl)c(C(F)(F)F)c1. The molecule has 0 saturated carbocycles. The Morgan fingerprint density at radius 1 is 1.36 bits per heavy atom. The van der Waals surface area contributed by atoms with Gasteiger partial charge in [0.05, 0.1) is 10.6 Å². The van der Waals surface area contributed by atoms with Crippen LogP contribution in [0.2, 0.25) is 5.02 Å². The van der Waals surface area contributed by atoms with E-state index in [1.165, 1.54) is 24.5 Å². The number of rotatable bonds is 3. The molecular formula is C13H9ClF3N3O2. The van der Waals surface area contributed by atoms with Gasteiger partial charge in [-0.15, -0.1) is 0 Å². The first-order chi connectivity index (χ1) is 10.3. The van der Waals surface area contributed by atoms with E-state index in [9.17, 15) is 22.8 Å². The Hall–Kier alpha value is -2.35. The first kappa shape index (κ1) is 16.0. The molecule has 1 N–H and O–H groups in total. The molecule has 0 aliphatic heterocycles. The van der Waals surface area contributed by atoms with Crippen molar-refractivity contribution in [2.24, 2.45) is 0 Å². The number of hydrogen-bond acceptors (Lipinski definition) is 3. The number of amides is 1. The molecule has 0 spiro atoms. The van der Waals surface area contributed by atoms with Crippen LogP contribution in [0.15, 0.2) is 41.5 Å². The number of alkyl halides is 3. The first-order valence-electron chi connectivity index (χ1n) is 5.95. The summed E-state index contributed by atoms with van der Waals surface area (Å²) in [5, 5.41) is 1.81. The fourth-order valence-electron chi connectivity index (χ4n) is 1.68. The van der Waals surface area contributed by atoms with Crippen molar-refractivity contribution >= 4 is 23.2 Å². The topological polar surface area (TPSA) is 64.0 Å². The molecular weight excluding hydrogens is 323 g/mol. The Kier molecular flexibility index (Phi) is 4.51. The molecule has 0 aliphatic rings. The van der Waals surface area contributed by atoms with E-state index in [2.05, 4.69) is 10.3 Å². The second kappa shape index (κ2) is 6.18. The molecule has 0 aliphatic carbocycles. The van der Waals surface area contributed by atoms with Gasteiger partial charge in [-0.1, -0.05) is 11.6 Å². The summed E-state index contributed by atoms with van der Waals surface area (Å²) in [4.78, 5) is 26.6. The lowest BCUT2D eigenvalue weighted by Crippen LogP contribution is -2.28. The van der Waals surface area contributed by atoms with E-state index in [0.717, 1.165) is 16.7 Å². The average molecular weight is 332 g/mol. The van der Waals surface area contributed by atoms with E-state index in [0.29, 0.717) is 0 Å². The Labute approximate surface area is 127 Å². The van der Waals surface area contributed by atoms with Crippen LogP contribution >= 0.6 is 11.6 Å². The van der Waals surface area contributed by atoms with Crippen molar-refractivity contribution in [2.45, 2.75) is 12.7 Å². The van der Waals surface area contributed by atoms with Crippen molar-refractivity contribution in [3.05, 3.63) is 57.7 Å². The van der Waals surface area contributed by atoms with Crippen LogP contribution in [0.1, 0.15) is 5.56 Å². The molecule has 0 atom stereocenters. The predicted octanol–water partition coefficient (Wildman–Crippen LogP) is 2.55. The zero-order valence-electron chi connectivity index (χ0n) is 10.9. The van der Waals surface area contributed by atoms with Crippen molar-refractivity contribution in [3.8, 4) is 0 Å². The van der Waals surface area contributed by atoms with Gasteiger partial charge in [0.25, 0.3) is 0 Å². The van der Waals surface area contributed by atoms with Crippen molar-refractivity contribution in [3.63, 3.8) is 0 Å². The number of hydrogen-bond donors (Lipinski definition) is 1. The van der Waals surface area contributed by atoms with Crippen molar-refractivity contribution in [1.29, 1.82) is 0 Å². The summed E-state index contributed by atoms with van der Waals surface area (Å²) < 4.78 is 39.2. The van der Waals surface area contributed by atoms with Crippen molar-refractivity contribution in [2.75, 3.05) is 5.32 Å². The second-order valence-corrected chi connectivity index (χ2v) is 4.68. The molecule has 1 amide bonds. The van der Waals surface area contributed by atoms with E-state index in [1.807, 2.05) is 0 Å². The maximum atomic E-state index is 12.7. The van der Waals surface area contributed by atoms with Crippen LogP contribution in [-0.2, 0) is 17.5 Å². The average Bonchev–Trinajstić information content (AvgIpc) is 2.42. The lowest BCUT2D eigenvalue weighted by molar-refractivity contribution is -0.137. The quantitative estimate of drug-likeness (QED) is 0.940. The van der Waals surface area contributed by atoms with Gasteiger partial charge >= 0.3 is 11.9 Å². The van der Waals surface area contributed by atoms with Crippen LogP contribution in [-0.4, -0.2) is 15.5 Å². The highest BCUT2D eigenvalue weighted by Crippen LogP contribution is 2.36. The molecule has 2 aromatic rings. The van der Waals surface area contributed by atoms with Crippen molar-refractivity contribution < 1.29 is 18.0 Å². The number of benzene rings is 1. The van der Waals surface area contributed by atoms with E-state index < -0.39 is 28.4 Å². The van der Waals surface area contributed by atoms with Gasteiger partial charge in [0.15, 0.2) is 0 Å². The highest BCUT2D eigenvalue weighted by Gasteiger charge is 2.33. The van der Waals surface area contributed by atoms with Crippen LogP contribution in [0.25, 0.3) is 0 Å². The molecule has 0 bridgehead atoms. The number of nitrogens with one attached hydrogen (secondary N) is 1.